The lowest BCUT2D eigenvalue weighted by Gasteiger charge is -2.31. The first-order chi connectivity index (χ1) is 22.2. The summed E-state index contributed by atoms with van der Waals surface area (Å²) in [5, 5.41) is 5.20. The highest BCUT2D eigenvalue weighted by atomic mass is 19.1. The Morgan fingerprint density at radius 2 is 1.70 bits per heavy atom. The van der Waals surface area contributed by atoms with Gasteiger partial charge in [0.1, 0.15) is 17.2 Å². The molecule has 4 aromatic rings. The smallest absolute Gasteiger partial charge is 0.306 e. The maximum Gasteiger partial charge on any atom is 0.306 e. The van der Waals surface area contributed by atoms with Crippen molar-refractivity contribution in [3.8, 4) is 5.75 Å². The van der Waals surface area contributed by atoms with E-state index in [2.05, 4.69) is 46.5 Å². The first-order valence-electron chi connectivity index (χ1n) is 16.7. The molecule has 5 rings (SSSR count). The molecule has 2 heterocycles. The van der Waals surface area contributed by atoms with E-state index < -0.39 is 5.60 Å². The van der Waals surface area contributed by atoms with Crippen LogP contribution in [-0.2, 0) is 35.2 Å². The normalized spacial score (nSPS) is 14.5. The van der Waals surface area contributed by atoms with Gasteiger partial charge in [0.25, 0.3) is 0 Å². The molecule has 46 heavy (non-hydrogen) atoms. The van der Waals surface area contributed by atoms with Crippen LogP contribution in [0.2, 0.25) is 0 Å². The van der Waals surface area contributed by atoms with E-state index in [9.17, 15) is 9.18 Å². The number of rotatable bonds is 14. The van der Waals surface area contributed by atoms with Gasteiger partial charge in [-0.3, -0.25) is 4.79 Å². The third-order valence-corrected chi connectivity index (χ3v) is 8.55. The molecule has 1 saturated heterocycles. The van der Waals surface area contributed by atoms with Crippen LogP contribution in [0.1, 0.15) is 80.3 Å². The van der Waals surface area contributed by atoms with E-state index >= 15 is 0 Å². The van der Waals surface area contributed by atoms with Crippen LogP contribution < -0.4 is 10.5 Å². The minimum absolute atomic E-state index is 0.173. The second-order valence-corrected chi connectivity index (χ2v) is 13.4. The van der Waals surface area contributed by atoms with Crippen LogP contribution in [0.5, 0.6) is 5.75 Å². The van der Waals surface area contributed by atoms with Crippen molar-refractivity contribution in [3.63, 3.8) is 0 Å². The molecule has 1 aromatic heterocycles. The van der Waals surface area contributed by atoms with E-state index in [1.165, 1.54) is 28.8 Å². The first kappa shape index (κ1) is 33.6. The van der Waals surface area contributed by atoms with Gasteiger partial charge in [0.2, 0.25) is 0 Å². The number of aromatic nitrogens is 1. The molecule has 0 unspecified atom stereocenters. The Hall–Kier alpha value is -3.75. The van der Waals surface area contributed by atoms with Gasteiger partial charge in [0, 0.05) is 30.3 Å². The molecule has 0 atom stereocenters. The number of aryl methyl sites for hydroxylation is 3. The number of ether oxygens (including phenoxy) is 2. The van der Waals surface area contributed by atoms with Crippen molar-refractivity contribution < 1.29 is 23.2 Å². The van der Waals surface area contributed by atoms with Crippen LogP contribution in [0.3, 0.4) is 0 Å². The summed E-state index contributed by atoms with van der Waals surface area (Å²) in [5.41, 5.74) is 11.7. The average molecular weight is 630 g/mol. The number of esters is 1. The maximum atomic E-state index is 13.5. The first-order valence-corrected chi connectivity index (χ1v) is 16.7. The highest BCUT2D eigenvalue weighted by Gasteiger charge is 2.25. The third kappa shape index (κ3) is 9.63. The van der Waals surface area contributed by atoms with Crippen LogP contribution in [0.4, 0.5) is 4.39 Å². The number of piperidine rings is 1. The Kier molecular flexibility index (Phi) is 11.5. The molecule has 1 aliphatic heterocycles. The van der Waals surface area contributed by atoms with Gasteiger partial charge in [-0.15, -0.1) is 0 Å². The quantitative estimate of drug-likeness (QED) is 0.117. The van der Waals surface area contributed by atoms with Gasteiger partial charge in [0.15, 0.2) is 5.58 Å². The van der Waals surface area contributed by atoms with E-state index in [0.29, 0.717) is 37.5 Å². The molecular formula is C38H48FN3O4. The molecule has 246 valence electrons. The second kappa shape index (κ2) is 15.7. The molecule has 8 heteroatoms. The number of carbonyl (C=O) groups excluding carboxylic acids is 1. The van der Waals surface area contributed by atoms with Gasteiger partial charge < -0.3 is 24.6 Å². The summed E-state index contributed by atoms with van der Waals surface area (Å²) < 4.78 is 30.7. The van der Waals surface area contributed by atoms with Crippen molar-refractivity contribution in [1.29, 1.82) is 0 Å². The van der Waals surface area contributed by atoms with Crippen molar-refractivity contribution in [1.82, 2.24) is 10.1 Å². The van der Waals surface area contributed by atoms with Crippen LogP contribution in [0.25, 0.3) is 11.0 Å². The molecule has 2 N–H and O–H groups in total. The number of likely N-dealkylation sites (tertiary alicyclic amines) is 1. The van der Waals surface area contributed by atoms with Gasteiger partial charge >= 0.3 is 5.97 Å². The molecule has 0 saturated carbocycles. The molecule has 0 aliphatic carbocycles. The fourth-order valence-electron chi connectivity index (χ4n) is 6.33. The lowest BCUT2D eigenvalue weighted by atomic mass is 9.91. The monoisotopic (exact) mass is 629 g/mol. The Balaban J connectivity index is 1.09. The molecule has 0 amide bonds. The highest BCUT2D eigenvalue weighted by molar-refractivity contribution is 5.79. The van der Waals surface area contributed by atoms with Crippen molar-refractivity contribution in [2.75, 3.05) is 32.8 Å². The molecule has 1 aliphatic rings. The predicted molar refractivity (Wildman–Crippen MR) is 180 cm³/mol. The maximum absolute atomic E-state index is 13.5. The van der Waals surface area contributed by atoms with Gasteiger partial charge in [-0.05, 0) is 126 Å². The van der Waals surface area contributed by atoms with Crippen LogP contribution in [0, 0.1) is 5.82 Å². The standard InChI is InChI=1S/C38H48FN3O4/c1-38(2,3)45-36(43)14-10-28-23-27(24-29(25-28)15-18-40)9-11-30-7-4-5-8-34(30)44-22-6-19-42-20-16-31(17-21-42)37-33-13-12-32(39)26-35(33)46-41-37/h4-5,7-8,12-13,23-26,31H,6,9-11,14-22,40H2,1-3H3. The van der Waals surface area contributed by atoms with E-state index in [-0.39, 0.29) is 11.8 Å². The zero-order valence-electron chi connectivity index (χ0n) is 27.5. The summed E-state index contributed by atoms with van der Waals surface area (Å²) in [7, 11) is 0. The fourth-order valence-corrected chi connectivity index (χ4v) is 6.33. The number of hydrogen-bond donors (Lipinski definition) is 1. The Bertz CT molecular complexity index is 1590. The van der Waals surface area contributed by atoms with Gasteiger partial charge in [-0.25, -0.2) is 4.39 Å². The third-order valence-electron chi connectivity index (χ3n) is 8.55. The van der Waals surface area contributed by atoms with E-state index in [1.54, 1.807) is 6.07 Å². The Labute approximate surface area is 272 Å². The van der Waals surface area contributed by atoms with E-state index in [0.717, 1.165) is 80.6 Å². The van der Waals surface area contributed by atoms with Crippen molar-refractivity contribution in [3.05, 3.63) is 94.4 Å². The number of para-hydroxylation sites is 1. The fraction of sp³-hybridized carbons (Fsp3) is 0.474. The molecular weight excluding hydrogens is 581 g/mol. The summed E-state index contributed by atoms with van der Waals surface area (Å²) in [5.74, 6) is 0.806. The zero-order chi connectivity index (χ0) is 32.5. The van der Waals surface area contributed by atoms with Gasteiger partial charge in [-0.1, -0.05) is 41.6 Å². The van der Waals surface area contributed by atoms with Crippen molar-refractivity contribution in [2.45, 2.75) is 83.7 Å². The van der Waals surface area contributed by atoms with Crippen LogP contribution >= 0.6 is 0 Å². The number of nitrogens with zero attached hydrogens (tertiary/aromatic N) is 2. The summed E-state index contributed by atoms with van der Waals surface area (Å²) in [6.07, 6.45) is 6.54. The molecule has 0 radical (unpaired) electrons. The van der Waals surface area contributed by atoms with Crippen molar-refractivity contribution in [2.24, 2.45) is 5.73 Å². The second-order valence-electron chi connectivity index (χ2n) is 13.4. The topological polar surface area (TPSA) is 90.8 Å². The summed E-state index contributed by atoms with van der Waals surface area (Å²) >= 11 is 0. The lowest BCUT2D eigenvalue weighted by molar-refractivity contribution is -0.154. The molecule has 7 nitrogen and oxygen atoms in total. The number of benzene rings is 3. The average Bonchev–Trinajstić information content (AvgIpc) is 3.44. The number of carbonyl (C=O) groups is 1. The lowest BCUT2D eigenvalue weighted by Crippen LogP contribution is -2.34. The Morgan fingerprint density at radius 1 is 0.978 bits per heavy atom. The molecule has 3 aromatic carbocycles. The number of nitrogens with two attached hydrogens (primary N) is 1. The van der Waals surface area contributed by atoms with Crippen LogP contribution in [0.15, 0.2) is 65.2 Å². The van der Waals surface area contributed by atoms with Gasteiger partial charge in [0.05, 0.1) is 12.3 Å². The predicted octanol–water partition coefficient (Wildman–Crippen LogP) is 7.18. The Morgan fingerprint density at radius 3 is 2.43 bits per heavy atom. The number of halogens is 1. The zero-order valence-corrected chi connectivity index (χ0v) is 27.5. The minimum atomic E-state index is -0.476. The molecule has 0 bridgehead atoms. The highest BCUT2D eigenvalue weighted by Crippen LogP contribution is 2.33. The van der Waals surface area contributed by atoms with Crippen LogP contribution in [-0.4, -0.2) is 54.4 Å². The van der Waals surface area contributed by atoms with E-state index in [1.807, 2.05) is 26.8 Å². The molecule has 0 spiro atoms. The number of hydrogen-bond acceptors (Lipinski definition) is 7. The summed E-state index contributed by atoms with van der Waals surface area (Å²) in [4.78, 5) is 14.8. The van der Waals surface area contributed by atoms with E-state index in [4.69, 9.17) is 19.7 Å². The van der Waals surface area contributed by atoms with Gasteiger partial charge in [-0.2, -0.15) is 0 Å². The molecule has 1 fully saturated rings. The largest absolute Gasteiger partial charge is 0.493 e. The van der Waals surface area contributed by atoms with Crippen molar-refractivity contribution >= 4 is 16.9 Å². The summed E-state index contributed by atoms with van der Waals surface area (Å²) in [6.45, 7) is 9.92. The number of fused-ring (bicyclic) bond motifs is 1. The minimum Gasteiger partial charge on any atom is -0.493 e. The SMILES string of the molecule is CC(C)(C)OC(=O)CCc1cc(CCN)cc(CCc2ccccc2OCCCN2CCC(c3noc4cc(F)ccc34)CC2)c1. The summed E-state index contributed by atoms with van der Waals surface area (Å²) in [6, 6.07) is 19.6.